The molecule has 0 saturated carbocycles. The molecule has 0 aliphatic heterocycles. The first-order valence-corrected chi connectivity index (χ1v) is 4.08. The number of aromatic nitrogens is 2. The molecule has 0 amide bonds. The van der Waals surface area contributed by atoms with Gasteiger partial charge in [-0.3, -0.25) is 0 Å². The average Bonchev–Trinajstić information content (AvgIpc) is 2.71. The van der Waals surface area contributed by atoms with Crippen molar-refractivity contribution >= 4 is 0 Å². The Morgan fingerprint density at radius 1 is 1.33 bits per heavy atom. The Bertz CT molecular complexity index is 396. The number of rotatable bonds is 1. The van der Waals surface area contributed by atoms with E-state index in [1.54, 1.807) is 6.20 Å². The molecule has 0 spiro atoms. The summed E-state index contributed by atoms with van der Waals surface area (Å²) >= 11 is 0. The first-order chi connectivity index (χ1) is 7.20. The number of hydrogen-bond donors (Lipinski definition) is 2. The lowest BCUT2D eigenvalue weighted by Crippen LogP contribution is -1.81. The van der Waals surface area contributed by atoms with E-state index in [1.807, 2.05) is 36.5 Å². The van der Waals surface area contributed by atoms with E-state index in [2.05, 4.69) is 9.97 Å². The zero-order valence-electron chi connectivity index (χ0n) is 7.70. The molecule has 0 aliphatic carbocycles. The summed E-state index contributed by atoms with van der Waals surface area (Å²) in [5.74, 6) is 0.922. The van der Waals surface area contributed by atoms with Crippen LogP contribution in [-0.2, 0) is 0 Å². The summed E-state index contributed by atoms with van der Waals surface area (Å²) in [6, 6.07) is 10.0. The molecule has 6 nitrogen and oxygen atoms in total. The van der Waals surface area contributed by atoms with E-state index in [0.29, 0.717) is 0 Å². The number of imidazole rings is 1. The smallest absolute Gasteiger partial charge is 0.291 e. The van der Waals surface area contributed by atoms with Gasteiger partial charge in [-0.2, -0.15) is 0 Å². The van der Waals surface area contributed by atoms with Gasteiger partial charge >= 0.3 is 0 Å². The van der Waals surface area contributed by atoms with Gasteiger partial charge in [0, 0.05) is 18.0 Å². The first kappa shape index (κ1) is 10.7. The zero-order valence-corrected chi connectivity index (χ0v) is 7.70. The third kappa shape index (κ3) is 3.90. The number of aromatic amines is 1. The number of hydrogen-bond acceptors (Lipinski definition) is 3. The van der Waals surface area contributed by atoms with Crippen LogP contribution >= 0.6 is 0 Å². The van der Waals surface area contributed by atoms with Gasteiger partial charge in [0.25, 0.3) is 5.09 Å². The minimum Gasteiger partial charge on any atom is -0.345 e. The van der Waals surface area contributed by atoms with Gasteiger partial charge in [0.2, 0.25) is 0 Å². The standard InChI is InChI=1S/C9H8N2.HNO3/c1-2-4-8(5-3-1)9-10-6-7-11-9;2-1(3)4/h1-7H,(H,10,11);(H,2,3,4). The molecule has 0 bridgehead atoms. The molecule has 0 atom stereocenters. The van der Waals surface area contributed by atoms with Crippen LogP contribution in [-0.4, -0.2) is 20.3 Å². The van der Waals surface area contributed by atoms with Gasteiger partial charge in [-0.25, -0.2) is 4.98 Å². The molecule has 1 aromatic carbocycles. The van der Waals surface area contributed by atoms with Crippen LogP contribution in [0.25, 0.3) is 11.4 Å². The lowest BCUT2D eigenvalue weighted by Gasteiger charge is -1.92. The predicted molar refractivity (Wildman–Crippen MR) is 52.8 cm³/mol. The topological polar surface area (TPSA) is 92.1 Å². The van der Waals surface area contributed by atoms with Crippen LogP contribution in [0, 0.1) is 10.1 Å². The summed E-state index contributed by atoms with van der Waals surface area (Å²) in [6.07, 6.45) is 3.57. The van der Waals surface area contributed by atoms with Gasteiger partial charge in [-0.05, 0) is 0 Å². The fourth-order valence-corrected chi connectivity index (χ4v) is 1.02. The highest BCUT2D eigenvalue weighted by atomic mass is 16.9. The van der Waals surface area contributed by atoms with Gasteiger partial charge < -0.3 is 10.2 Å². The van der Waals surface area contributed by atoms with Crippen LogP contribution in [0.1, 0.15) is 0 Å². The fourth-order valence-electron chi connectivity index (χ4n) is 1.02. The SMILES string of the molecule is O=[N+]([O-])O.c1ccc(-c2ncc[nH]2)cc1. The van der Waals surface area contributed by atoms with Gasteiger partial charge in [0.05, 0.1) is 0 Å². The van der Waals surface area contributed by atoms with Crippen molar-refractivity contribution in [3.63, 3.8) is 0 Å². The van der Waals surface area contributed by atoms with Crippen molar-refractivity contribution in [2.75, 3.05) is 0 Å². The molecular weight excluding hydrogens is 198 g/mol. The van der Waals surface area contributed by atoms with Crippen molar-refractivity contribution in [1.82, 2.24) is 9.97 Å². The lowest BCUT2D eigenvalue weighted by atomic mass is 10.2. The molecule has 6 heteroatoms. The molecule has 0 aliphatic rings. The summed E-state index contributed by atoms with van der Waals surface area (Å²) in [7, 11) is 0. The van der Waals surface area contributed by atoms with E-state index >= 15 is 0 Å². The third-order valence-corrected chi connectivity index (χ3v) is 1.55. The molecule has 0 fully saturated rings. The molecule has 0 unspecified atom stereocenters. The first-order valence-electron chi connectivity index (χ1n) is 4.08. The van der Waals surface area contributed by atoms with Crippen LogP contribution in [0.2, 0.25) is 0 Å². The molecule has 2 aromatic rings. The number of nitrogens with zero attached hydrogens (tertiary/aromatic N) is 2. The number of nitrogens with one attached hydrogen (secondary N) is 1. The summed E-state index contributed by atoms with van der Waals surface area (Å²) in [6.45, 7) is 0. The van der Waals surface area contributed by atoms with Gasteiger partial charge in [-0.15, -0.1) is 10.1 Å². The molecule has 2 N–H and O–H groups in total. The van der Waals surface area contributed by atoms with Gasteiger partial charge in [0.1, 0.15) is 5.82 Å². The van der Waals surface area contributed by atoms with Gasteiger partial charge in [0.15, 0.2) is 0 Å². The Morgan fingerprint density at radius 3 is 2.40 bits per heavy atom. The maximum Gasteiger partial charge on any atom is 0.291 e. The highest BCUT2D eigenvalue weighted by Gasteiger charge is 1.94. The predicted octanol–water partition coefficient (Wildman–Crippen LogP) is 1.73. The summed E-state index contributed by atoms with van der Waals surface area (Å²) in [5, 5.41) is 13.6. The van der Waals surface area contributed by atoms with Crippen LogP contribution in [0.5, 0.6) is 0 Å². The van der Waals surface area contributed by atoms with E-state index in [-0.39, 0.29) is 0 Å². The van der Waals surface area contributed by atoms with Crippen molar-refractivity contribution in [2.45, 2.75) is 0 Å². The number of H-pyrrole nitrogens is 1. The van der Waals surface area contributed by atoms with E-state index in [9.17, 15) is 0 Å². The third-order valence-electron chi connectivity index (χ3n) is 1.55. The Morgan fingerprint density at radius 2 is 1.93 bits per heavy atom. The largest absolute Gasteiger partial charge is 0.345 e. The second-order valence-electron chi connectivity index (χ2n) is 2.54. The van der Waals surface area contributed by atoms with Crippen molar-refractivity contribution in [3.05, 3.63) is 52.8 Å². The summed E-state index contributed by atoms with van der Waals surface area (Å²) < 4.78 is 0. The second-order valence-corrected chi connectivity index (χ2v) is 2.54. The molecule has 78 valence electrons. The minimum atomic E-state index is -1.50. The Labute approximate surface area is 85.3 Å². The van der Waals surface area contributed by atoms with E-state index in [0.717, 1.165) is 11.4 Å². The van der Waals surface area contributed by atoms with Gasteiger partial charge in [-0.1, -0.05) is 30.3 Å². The molecule has 1 heterocycles. The van der Waals surface area contributed by atoms with Crippen molar-refractivity contribution in [2.24, 2.45) is 0 Å². The Hall–Kier alpha value is -2.37. The molecular formula is C9H9N3O3. The highest BCUT2D eigenvalue weighted by molar-refractivity contribution is 5.53. The van der Waals surface area contributed by atoms with Crippen LogP contribution in [0.3, 0.4) is 0 Å². The molecule has 15 heavy (non-hydrogen) atoms. The van der Waals surface area contributed by atoms with Crippen molar-refractivity contribution in [3.8, 4) is 11.4 Å². The van der Waals surface area contributed by atoms with E-state index < -0.39 is 5.09 Å². The van der Waals surface area contributed by atoms with E-state index in [1.165, 1.54) is 0 Å². The fraction of sp³-hybridized carbons (Fsp3) is 0. The zero-order chi connectivity index (χ0) is 11.1. The molecule has 0 radical (unpaired) electrons. The maximum atomic E-state index is 8.36. The summed E-state index contributed by atoms with van der Waals surface area (Å²) in [4.78, 5) is 15.5. The minimum absolute atomic E-state index is 0.922. The molecule has 0 saturated heterocycles. The lowest BCUT2D eigenvalue weighted by molar-refractivity contribution is -0.742. The molecule has 2 rings (SSSR count). The quantitative estimate of drug-likeness (QED) is 0.550. The Balaban J connectivity index is 0.000000245. The maximum absolute atomic E-state index is 8.36. The van der Waals surface area contributed by atoms with Crippen molar-refractivity contribution < 1.29 is 10.3 Å². The van der Waals surface area contributed by atoms with Crippen LogP contribution in [0.15, 0.2) is 42.7 Å². The average molecular weight is 207 g/mol. The summed E-state index contributed by atoms with van der Waals surface area (Å²) in [5.41, 5.74) is 1.12. The monoisotopic (exact) mass is 207 g/mol. The number of benzene rings is 1. The Kier molecular flexibility index (Phi) is 3.84. The normalized spacial score (nSPS) is 8.80. The van der Waals surface area contributed by atoms with Crippen LogP contribution in [0.4, 0.5) is 0 Å². The second kappa shape index (κ2) is 5.38. The highest BCUT2D eigenvalue weighted by Crippen LogP contribution is 2.11. The van der Waals surface area contributed by atoms with Crippen molar-refractivity contribution in [1.29, 1.82) is 0 Å². The van der Waals surface area contributed by atoms with E-state index in [4.69, 9.17) is 15.3 Å². The van der Waals surface area contributed by atoms with Crippen LogP contribution < -0.4 is 0 Å². The molecule has 1 aromatic heterocycles.